The van der Waals surface area contributed by atoms with Crippen molar-refractivity contribution in [2.75, 3.05) is 99.6 Å². The zero-order valence-electron chi connectivity index (χ0n) is 44.1. The maximum absolute atomic E-state index is 12.8. The van der Waals surface area contributed by atoms with Crippen molar-refractivity contribution in [3.8, 4) is 0 Å². The minimum absolute atomic E-state index is 0.0138. The van der Waals surface area contributed by atoms with Crippen LogP contribution in [0.4, 0.5) is 34.9 Å². The van der Waals surface area contributed by atoms with Gasteiger partial charge in [0.2, 0.25) is 17.8 Å². The minimum Gasteiger partial charge on any atom is -0.481 e. The molecule has 0 bridgehead atoms. The van der Waals surface area contributed by atoms with Gasteiger partial charge in [0.25, 0.3) is 11.8 Å². The smallest absolute Gasteiger partial charge is 0.326 e. The first-order valence-electron chi connectivity index (χ1n) is 25.0. The van der Waals surface area contributed by atoms with E-state index in [2.05, 4.69) is 55.8 Å². The van der Waals surface area contributed by atoms with Crippen LogP contribution in [0.25, 0.3) is 22.3 Å². The molecule has 0 aliphatic rings. The number of nitrogen functional groups attached to an aromatic ring is 4. The number of carboxylic acids is 3. The normalized spacial score (nSPS) is 11.7. The zero-order chi connectivity index (χ0) is 58.1. The molecule has 0 aliphatic carbocycles. The van der Waals surface area contributed by atoms with Gasteiger partial charge in [0.15, 0.2) is 34.0 Å². The SMILES string of the molecule is CN(Cc1cnc2nc(N)nc(N)c2n1)c1ccc(C(=O)NC(CCC(=O)NCCCOCCOCCOCCCN)C(=O)O)cc1.CN(Cc1cnc2nc(N)nc(N)c2n1)c1ccc(C(=O)N[C@@H](CCC(=O)O)C(=O)O)cc1. The van der Waals surface area contributed by atoms with E-state index in [1.807, 2.05) is 23.9 Å². The quantitative estimate of drug-likeness (QED) is 0.0262. The highest BCUT2D eigenvalue weighted by Gasteiger charge is 2.24. The lowest BCUT2D eigenvalue weighted by Gasteiger charge is -2.19. The maximum atomic E-state index is 12.8. The van der Waals surface area contributed by atoms with Crippen LogP contribution in [0.2, 0.25) is 0 Å². The predicted molar refractivity (Wildman–Crippen MR) is 293 cm³/mol. The van der Waals surface area contributed by atoms with Gasteiger partial charge >= 0.3 is 17.9 Å². The maximum Gasteiger partial charge on any atom is 0.326 e. The number of carbonyl (C=O) groups is 6. The second kappa shape index (κ2) is 31.2. The molecule has 428 valence electrons. The molecule has 6 aromatic rings. The Kier molecular flexibility index (Phi) is 24.0. The van der Waals surface area contributed by atoms with Crippen molar-refractivity contribution in [2.24, 2.45) is 5.73 Å². The molecule has 30 nitrogen and oxygen atoms in total. The molecule has 30 heteroatoms. The summed E-state index contributed by atoms with van der Waals surface area (Å²) in [5.41, 5.74) is 32.9. The first-order valence-corrected chi connectivity index (χ1v) is 25.0. The highest BCUT2D eigenvalue weighted by molar-refractivity contribution is 5.98. The molecule has 2 atom stereocenters. The highest BCUT2D eigenvalue weighted by Crippen LogP contribution is 2.21. The molecular weight excluding hydrogens is 1040 g/mol. The molecule has 16 N–H and O–H groups in total. The van der Waals surface area contributed by atoms with Crippen LogP contribution in [0.1, 0.15) is 70.6 Å². The molecule has 0 fully saturated rings. The summed E-state index contributed by atoms with van der Waals surface area (Å²) in [5.74, 6) is -4.87. The molecular formula is C50H66N18O12. The summed E-state index contributed by atoms with van der Waals surface area (Å²) in [7, 11) is 3.65. The van der Waals surface area contributed by atoms with Crippen LogP contribution < -0.4 is 54.4 Å². The van der Waals surface area contributed by atoms with Gasteiger partial charge < -0.3 is 83.9 Å². The van der Waals surface area contributed by atoms with Crippen molar-refractivity contribution in [1.29, 1.82) is 0 Å². The lowest BCUT2D eigenvalue weighted by Crippen LogP contribution is -2.41. The van der Waals surface area contributed by atoms with Gasteiger partial charge in [-0.1, -0.05) is 0 Å². The third-order valence-electron chi connectivity index (χ3n) is 11.5. The first-order chi connectivity index (χ1) is 38.3. The Labute approximate surface area is 458 Å². The van der Waals surface area contributed by atoms with Crippen molar-refractivity contribution >= 4 is 92.9 Å². The topological polar surface area (TPSA) is 467 Å². The van der Waals surface area contributed by atoms with Crippen LogP contribution in [0, 0.1) is 0 Å². The van der Waals surface area contributed by atoms with E-state index in [1.165, 1.54) is 12.1 Å². The number of aliphatic carboxylic acids is 3. The van der Waals surface area contributed by atoms with E-state index in [1.54, 1.807) is 48.8 Å². The van der Waals surface area contributed by atoms with Crippen LogP contribution in [-0.4, -0.2) is 170 Å². The third-order valence-corrected chi connectivity index (χ3v) is 11.5. The molecule has 80 heavy (non-hydrogen) atoms. The monoisotopic (exact) mass is 1110 g/mol. The molecule has 0 saturated carbocycles. The van der Waals surface area contributed by atoms with Crippen LogP contribution in [-0.2, 0) is 46.5 Å². The molecule has 6 rings (SSSR count). The van der Waals surface area contributed by atoms with Crippen LogP contribution in [0.3, 0.4) is 0 Å². The zero-order valence-corrected chi connectivity index (χ0v) is 44.1. The summed E-state index contributed by atoms with van der Waals surface area (Å²) >= 11 is 0. The van der Waals surface area contributed by atoms with Crippen molar-refractivity contribution < 1.29 is 58.3 Å². The fraction of sp³-hybridized carbons (Fsp3) is 0.400. The van der Waals surface area contributed by atoms with Crippen molar-refractivity contribution in [2.45, 2.75) is 63.7 Å². The van der Waals surface area contributed by atoms with Crippen molar-refractivity contribution in [3.05, 3.63) is 83.4 Å². The second-order valence-corrected chi connectivity index (χ2v) is 17.7. The van der Waals surface area contributed by atoms with E-state index in [0.29, 0.717) is 106 Å². The molecule has 0 saturated heterocycles. The molecule has 1 unspecified atom stereocenters. The molecule has 3 amide bonds. The summed E-state index contributed by atoms with van der Waals surface area (Å²) in [6.07, 6.45) is 3.82. The van der Waals surface area contributed by atoms with Gasteiger partial charge in [-0.25, -0.2) is 29.5 Å². The molecule has 0 aliphatic heterocycles. The Bertz CT molecular complexity index is 3050. The van der Waals surface area contributed by atoms with E-state index in [9.17, 15) is 39.0 Å². The third kappa shape index (κ3) is 20.0. The predicted octanol–water partition coefficient (Wildman–Crippen LogP) is 0.357. The average molecular weight is 1110 g/mol. The lowest BCUT2D eigenvalue weighted by molar-refractivity contribution is -0.141. The number of rotatable bonds is 31. The number of hydrogen-bond donors (Lipinski definition) is 11. The van der Waals surface area contributed by atoms with Gasteiger partial charge in [-0.05, 0) is 80.8 Å². The fourth-order valence-corrected chi connectivity index (χ4v) is 7.28. The van der Waals surface area contributed by atoms with Crippen LogP contribution in [0.5, 0.6) is 0 Å². The highest BCUT2D eigenvalue weighted by atomic mass is 16.5. The van der Waals surface area contributed by atoms with Gasteiger partial charge in [-0.3, -0.25) is 19.2 Å². The molecule has 2 aromatic carbocycles. The second-order valence-electron chi connectivity index (χ2n) is 17.7. The van der Waals surface area contributed by atoms with Gasteiger partial charge in [0, 0.05) is 69.2 Å². The summed E-state index contributed by atoms with van der Waals surface area (Å²) in [6, 6.07) is 10.5. The van der Waals surface area contributed by atoms with Crippen molar-refractivity contribution in [3.63, 3.8) is 0 Å². The summed E-state index contributed by atoms with van der Waals surface area (Å²) in [4.78, 5) is 108. The Morgan fingerprint density at radius 3 is 1.39 bits per heavy atom. The van der Waals surface area contributed by atoms with Gasteiger partial charge in [0.1, 0.15) is 12.1 Å². The first kappa shape index (κ1) is 61.6. The molecule has 4 aromatic heterocycles. The van der Waals surface area contributed by atoms with E-state index in [-0.39, 0.29) is 66.2 Å². The number of nitrogens with two attached hydrogens (primary N) is 5. The number of fused-ring (bicyclic) bond motifs is 2. The number of anilines is 6. The summed E-state index contributed by atoms with van der Waals surface area (Å²) in [6.45, 7) is 4.66. The number of benzene rings is 2. The number of hydrogen-bond acceptors (Lipinski definition) is 24. The Hall–Kier alpha value is -9.26. The van der Waals surface area contributed by atoms with Gasteiger partial charge in [-0.15, -0.1) is 0 Å². The Morgan fingerprint density at radius 2 is 0.975 bits per heavy atom. The lowest BCUT2D eigenvalue weighted by atomic mass is 10.1. The Balaban J connectivity index is 0.000000312. The largest absolute Gasteiger partial charge is 0.481 e. The summed E-state index contributed by atoms with van der Waals surface area (Å²) < 4.78 is 16.2. The van der Waals surface area contributed by atoms with E-state index >= 15 is 0 Å². The van der Waals surface area contributed by atoms with E-state index < -0.39 is 41.8 Å². The van der Waals surface area contributed by atoms with Gasteiger partial charge in [-0.2, -0.15) is 19.9 Å². The average Bonchev–Trinajstić information content (AvgIpc) is 3.42. The molecule has 0 spiro atoms. The molecule has 4 heterocycles. The van der Waals surface area contributed by atoms with Crippen LogP contribution >= 0.6 is 0 Å². The standard InChI is InChI=1S/C30H44N10O7.C20H22N8O5/c1-40(19-21-18-35-27-25(36-21)26(32)38-30(33)39-27)22-6-4-20(5-7-22)28(42)37-23(29(43)44)8-9-24(41)34-11-3-13-46-15-17-47-16-14-45-12-2-10-31;1-28(9-11-8-23-17-15(24-11)16(21)26-20(22)27-17)12-4-2-10(3-5-12)18(31)25-13(19(32)33)6-7-14(29)30/h4-7,18,23H,2-3,8-17,19,31H2,1H3,(H,34,41)(H,37,42)(H,43,44)(H4,32,33,35,38,39);2-5,8,13H,6-7,9H2,1H3,(H,25,31)(H,29,30)(H,32,33)(H4,21,22,23,26,27)/t;13-/m.0/s1. The number of nitrogens with one attached hydrogen (secondary N) is 3. The van der Waals surface area contributed by atoms with E-state index in [4.69, 9.17) is 48.0 Å². The summed E-state index contributed by atoms with van der Waals surface area (Å²) in [5, 5.41) is 35.1. The number of aromatic nitrogens is 8. The number of amides is 3. The minimum atomic E-state index is -1.30. The number of carboxylic acid groups (broad SMARTS) is 3. The Morgan fingerprint density at radius 1 is 0.562 bits per heavy atom. The van der Waals surface area contributed by atoms with E-state index in [0.717, 1.165) is 17.8 Å². The number of nitrogens with zero attached hydrogens (tertiary/aromatic N) is 10. The van der Waals surface area contributed by atoms with Crippen molar-refractivity contribution in [1.82, 2.24) is 55.8 Å². The van der Waals surface area contributed by atoms with Crippen LogP contribution in [0.15, 0.2) is 60.9 Å². The van der Waals surface area contributed by atoms with Gasteiger partial charge in [0.05, 0.1) is 63.3 Å². The molecule has 0 radical (unpaired) electrons. The fourth-order valence-electron chi connectivity index (χ4n) is 7.28. The number of ether oxygens (including phenoxy) is 3. The number of carbonyl (C=O) groups excluding carboxylic acids is 3.